The Balaban J connectivity index is 2.04. The van der Waals surface area contributed by atoms with Crippen LogP contribution < -0.4 is 0 Å². The van der Waals surface area contributed by atoms with Gasteiger partial charge in [0.1, 0.15) is 0 Å². The molecule has 1 spiro atoms. The summed E-state index contributed by atoms with van der Waals surface area (Å²) in [4.78, 5) is 0. The predicted molar refractivity (Wildman–Crippen MR) is 57.7 cm³/mol. The van der Waals surface area contributed by atoms with Crippen LogP contribution in [0.1, 0.15) is 64.7 Å². The monoisotopic (exact) mass is 178 g/mol. The van der Waals surface area contributed by atoms with Crippen LogP contribution in [0.15, 0.2) is 11.6 Å². The van der Waals surface area contributed by atoms with Crippen molar-refractivity contribution in [3.63, 3.8) is 0 Å². The maximum absolute atomic E-state index is 2.57. The van der Waals surface area contributed by atoms with Gasteiger partial charge in [0, 0.05) is 0 Å². The quantitative estimate of drug-likeness (QED) is 0.520. The molecule has 0 radical (unpaired) electrons. The van der Waals surface area contributed by atoms with Gasteiger partial charge in [0.15, 0.2) is 0 Å². The van der Waals surface area contributed by atoms with Gasteiger partial charge < -0.3 is 0 Å². The van der Waals surface area contributed by atoms with Gasteiger partial charge in [-0.25, -0.2) is 0 Å². The second-order valence-corrected chi connectivity index (χ2v) is 4.98. The Hall–Kier alpha value is -0.260. The first-order valence-electron chi connectivity index (χ1n) is 6.03. The van der Waals surface area contributed by atoms with Gasteiger partial charge in [0.25, 0.3) is 0 Å². The van der Waals surface area contributed by atoms with E-state index in [1.807, 2.05) is 0 Å². The predicted octanol–water partition coefficient (Wildman–Crippen LogP) is 4.46. The first-order chi connectivity index (χ1) is 6.35. The molecular formula is C13H22. The summed E-state index contributed by atoms with van der Waals surface area (Å²) in [7, 11) is 0. The van der Waals surface area contributed by atoms with Crippen LogP contribution in [-0.4, -0.2) is 0 Å². The lowest BCUT2D eigenvalue weighted by atomic mass is 9.79. The molecule has 0 heterocycles. The second-order valence-electron chi connectivity index (χ2n) is 4.98. The summed E-state index contributed by atoms with van der Waals surface area (Å²) < 4.78 is 0. The zero-order chi connectivity index (χ0) is 9.15. The van der Waals surface area contributed by atoms with Gasteiger partial charge in [-0.2, -0.15) is 0 Å². The minimum atomic E-state index is 0.761. The molecule has 0 aliphatic heterocycles. The second kappa shape index (κ2) is 3.86. The molecule has 0 aromatic rings. The summed E-state index contributed by atoms with van der Waals surface area (Å²) >= 11 is 0. The smallest absolute Gasteiger partial charge is 0.0263 e. The maximum atomic E-state index is 2.57. The van der Waals surface area contributed by atoms with Crippen molar-refractivity contribution in [2.75, 3.05) is 0 Å². The van der Waals surface area contributed by atoms with Crippen LogP contribution in [0, 0.1) is 5.41 Å². The van der Waals surface area contributed by atoms with Gasteiger partial charge in [0.05, 0.1) is 0 Å². The molecule has 0 saturated heterocycles. The standard InChI is InChI=1S/C13H22/c1-2-12-6-5-10-13(11-7-12)8-3-4-9-13/h7H,2-6,8-11H2,1H3. The highest BCUT2D eigenvalue weighted by atomic mass is 14.4. The zero-order valence-electron chi connectivity index (χ0n) is 8.94. The summed E-state index contributed by atoms with van der Waals surface area (Å²) in [5.41, 5.74) is 2.49. The van der Waals surface area contributed by atoms with Gasteiger partial charge in [-0.3, -0.25) is 0 Å². The Bertz CT molecular complexity index is 194. The average molecular weight is 178 g/mol. The minimum Gasteiger partial charge on any atom is -0.0848 e. The highest BCUT2D eigenvalue weighted by Crippen LogP contribution is 2.47. The molecule has 1 fully saturated rings. The number of allylic oxidation sites excluding steroid dienone is 2. The van der Waals surface area contributed by atoms with E-state index in [0.717, 1.165) is 5.41 Å². The third-order valence-electron chi connectivity index (χ3n) is 4.15. The Morgan fingerprint density at radius 2 is 1.85 bits per heavy atom. The van der Waals surface area contributed by atoms with E-state index in [0.29, 0.717) is 0 Å². The Kier molecular flexibility index (Phi) is 2.76. The van der Waals surface area contributed by atoms with E-state index in [-0.39, 0.29) is 0 Å². The molecule has 2 rings (SSSR count). The van der Waals surface area contributed by atoms with Crippen molar-refractivity contribution in [1.82, 2.24) is 0 Å². The summed E-state index contributed by atoms with van der Waals surface area (Å²) in [5.74, 6) is 0. The molecule has 74 valence electrons. The largest absolute Gasteiger partial charge is 0.0848 e. The SMILES string of the molecule is CCC1=CCC2(CCCC2)CCC1. The third-order valence-corrected chi connectivity index (χ3v) is 4.15. The number of hydrogen-bond acceptors (Lipinski definition) is 0. The molecule has 0 bridgehead atoms. The van der Waals surface area contributed by atoms with Crippen molar-refractivity contribution in [2.45, 2.75) is 64.7 Å². The van der Waals surface area contributed by atoms with Crippen LogP contribution in [0.4, 0.5) is 0 Å². The van der Waals surface area contributed by atoms with Gasteiger partial charge in [-0.1, -0.05) is 31.4 Å². The fourth-order valence-electron chi connectivity index (χ4n) is 3.16. The van der Waals surface area contributed by atoms with Gasteiger partial charge >= 0.3 is 0 Å². The van der Waals surface area contributed by atoms with E-state index in [2.05, 4.69) is 13.0 Å². The van der Waals surface area contributed by atoms with E-state index >= 15 is 0 Å². The van der Waals surface area contributed by atoms with Crippen molar-refractivity contribution >= 4 is 0 Å². The molecule has 0 heteroatoms. The lowest BCUT2D eigenvalue weighted by molar-refractivity contribution is 0.274. The molecule has 0 N–H and O–H groups in total. The summed E-state index contributed by atoms with van der Waals surface area (Å²) in [5, 5.41) is 0. The Morgan fingerprint density at radius 3 is 2.54 bits per heavy atom. The van der Waals surface area contributed by atoms with Crippen LogP contribution in [0.5, 0.6) is 0 Å². The zero-order valence-corrected chi connectivity index (χ0v) is 8.94. The summed E-state index contributed by atoms with van der Waals surface area (Å²) in [6.07, 6.45) is 15.6. The van der Waals surface area contributed by atoms with E-state index in [9.17, 15) is 0 Å². The highest BCUT2D eigenvalue weighted by Gasteiger charge is 2.33. The lowest BCUT2D eigenvalue weighted by Gasteiger charge is -2.26. The van der Waals surface area contributed by atoms with E-state index in [4.69, 9.17) is 0 Å². The Morgan fingerprint density at radius 1 is 1.15 bits per heavy atom. The van der Waals surface area contributed by atoms with E-state index < -0.39 is 0 Å². The van der Waals surface area contributed by atoms with Crippen LogP contribution in [0.2, 0.25) is 0 Å². The van der Waals surface area contributed by atoms with Gasteiger partial charge in [0.2, 0.25) is 0 Å². The molecule has 0 atom stereocenters. The summed E-state index contributed by atoms with van der Waals surface area (Å²) in [6, 6.07) is 0. The van der Waals surface area contributed by atoms with E-state index in [1.165, 1.54) is 57.8 Å². The molecule has 0 aromatic carbocycles. The van der Waals surface area contributed by atoms with Crippen molar-refractivity contribution < 1.29 is 0 Å². The molecule has 0 amide bonds. The molecule has 2 aliphatic carbocycles. The van der Waals surface area contributed by atoms with Crippen molar-refractivity contribution in [3.8, 4) is 0 Å². The van der Waals surface area contributed by atoms with Crippen molar-refractivity contribution in [3.05, 3.63) is 11.6 Å². The highest BCUT2D eigenvalue weighted by molar-refractivity contribution is 5.07. The third kappa shape index (κ3) is 1.98. The fraction of sp³-hybridized carbons (Fsp3) is 0.846. The minimum absolute atomic E-state index is 0.761. The lowest BCUT2D eigenvalue weighted by Crippen LogP contribution is -2.13. The molecule has 0 nitrogen and oxygen atoms in total. The molecular weight excluding hydrogens is 156 g/mol. The molecule has 1 saturated carbocycles. The average Bonchev–Trinajstić information content (AvgIpc) is 2.49. The van der Waals surface area contributed by atoms with E-state index in [1.54, 1.807) is 5.57 Å². The first-order valence-corrected chi connectivity index (χ1v) is 6.03. The number of rotatable bonds is 1. The Labute approximate surface area is 82.4 Å². The van der Waals surface area contributed by atoms with Crippen LogP contribution in [0.25, 0.3) is 0 Å². The molecule has 2 aliphatic rings. The summed E-state index contributed by atoms with van der Waals surface area (Å²) in [6.45, 7) is 2.30. The van der Waals surface area contributed by atoms with Crippen molar-refractivity contribution in [1.29, 1.82) is 0 Å². The first kappa shape index (κ1) is 9.30. The molecule has 13 heavy (non-hydrogen) atoms. The van der Waals surface area contributed by atoms with Crippen LogP contribution in [-0.2, 0) is 0 Å². The number of hydrogen-bond donors (Lipinski definition) is 0. The molecule has 0 aromatic heterocycles. The van der Waals surface area contributed by atoms with Crippen LogP contribution in [0.3, 0.4) is 0 Å². The normalized spacial score (nSPS) is 27.3. The van der Waals surface area contributed by atoms with Crippen LogP contribution >= 0.6 is 0 Å². The maximum Gasteiger partial charge on any atom is -0.0263 e. The topological polar surface area (TPSA) is 0 Å². The molecule has 0 unspecified atom stereocenters. The van der Waals surface area contributed by atoms with Gasteiger partial charge in [-0.15, -0.1) is 0 Å². The van der Waals surface area contributed by atoms with Gasteiger partial charge in [-0.05, 0) is 50.4 Å². The van der Waals surface area contributed by atoms with Crippen molar-refractivity contribution in [2.24, 2.45) is 5.41 Å². The fourth-order valence-corrected chi connectivity index (χ4v) is 3.16.